The second-order valence-electron chi connectivity index (χ2n) is 4.55. The molecule has 1 aromatic carbocycles. The highest BCUT2D eigenvalue weighted by molar-refractivity contribution is 7.22. The van der Waals surface area contributed by atoms with Crippen molar-refractivity contribution in [1.29, 1.82) is 0 Å². The number of fused-ring (bicyclic) bond motifs is 1. The first-order valence-corrected chi connectivity index (χ1v) is 7.98. The summed E-state index contributed by atoms with van der Waals surface area (Å²) >= 11 is 3.30. The lowest BCUT2D eigenvalue weighted by molar-refractivity contribution is 0.415. The molecule has 3 aromatic rings. The lowest BCUT2D eigenvalue weighted by Crippen LogP contribution is -2.05. The molecule has 2 aromatic heterocycles. The molecule has 1 unspecified atom stereocenters. The maximum absolute atomic E-state index is 5.23. The fourth-order valence-corrected chi connectivity index (χ4v) is 3.70. The lowest BCUT2D eigenvalue weighted by atomic mass is 10.3. The van der Waals surface area contributed by atoms with E-state index in [1.54, 1.807) is 29.8 Å². The van der Waals surface area contributed by atoms with Gasteiger partial charge in [0.2, 0.25) is 0 Å². The minimum atomic E-state index is 0.163. The molecule has 0 aliphatic rings. The summed E-state index contributed by atoms with van der Waals surface area (Å²) < 4.78 is 6.35. The summed E-state index contributed by atoms with van der Waals surface area (Å²) in [5.41, 5.74) is 2.05. The van der Waals surface area contributed by atoms with E-state index >= 15 is 0 Å². The van der Waals surface area contributed by atoms with Crippen LogP contribution in [0.15, 0.2) is 23.6 Å². The number of anilines is 1. The van der Waals surface area contributed by atoms with Gasteiger partial charge in [0.25, 0.3) is 0 Å². The number of thiazole rings is 2. The number of ether oxygens (including phenoxy) is 1. The van der Waals surface area contributed by atoms with E-state index in [0.29, 0.717) is 0 Å². The molecule has 0 aliphatic heterocycles. The van der Waals surface area contributed by atoms with Crippen LogP contribution in [0.25, 0.3) is 10.2 Å². The van der Waals surface area contributed by atoms with E-state index in [9.17, 15) is 0 Å². The maximum atomic E-state index is 5.23. The summed E-state index contributed by atoms with van der Waals surface area (Å²) in [6.07, 6.45) is 0. The Labute approximate surface area is 125 Å². The first-order valence-electron chi connectivity index (χ1n) is 6.29. The molecule has 1 N–H and O–H groups in total. The van der Waals surface area contributed by atoms with Gasteiger partial charge in [0, 0.05) is 11.1 Å². The second-order valence-corrected chi connectivity index (χ2v) is 6.47. The van der Waals surface area contributed by atoms with E-state index in [2.05, 4.69) is 27.6 Å². The van der Waals surface area contributed by atoms with E-state index in [-0.39, 0.29) is 6.04 Å². The van der Waals surface area contributed by atoms with Crippen molar-refractivity contribution in [3.05, 3.63) is 34.3 Å². The minimum absolute atomic E-state index is 0.163. The Morgan fingerprint density at radius 3 is 2.85 bits per heavy atom. The quantitative estimate of drug-likeness (QED) is 0.783. The van der Waals surface area contributed by atoms with Crippen LogP contribution in [-0.2, 0) is 0 Å². The van der Waals surface area contributed by atoms with Crippen molar-refractivity contribution in [1.82, 2.24) is 9.97 Å². The minimum Gasteiger partial charge on any atom is -0.497 e. The molecule has 0 spiro atoms. The number of benzene rings is 1. The highest BCUT2D eigenvalue weighted by Gasteiger charge is 2.12. The van der Waals surface area contributed by atoms with E-state index in [4.69, 9.17) is 4.74 Å². The maximum Gasteiger partial charge on any atom is 0.184 e. The number of methoxy groups -OCH3 is 1. The van der Waals surface area contributed by atoms with Crippen LogP contribution in [0, 0.1) is 6.92 Å². The van der Waals surface area contributed by atoms with Gasteiger partial charge in [-0.1, -0.05) is 11.3 Å². The number of rotatable bonds is 4. The third-order valence-electron chi connectivity index (χ3n) is 2.94. The van der Waals surface area contributed by atoms with Crippen molar-refractivity contribution in [3.8, 4) is 5.75 Å². The smallest absolute Gasteiger partial charge is 0.184 e. The molecule has 6 heteroatoms. The number of hydrogen-bond acceptors (Lipinski definition) is 6. The van der Waals surface area contributed by atoms with Crippen LogP contribution in [0.3, 0.4) is 0 Å². The van der Waals surface area contributed by atoms with E-state index < -0.39 is 0 Å². The first kappa shape index (κ1) is 13.3. The Morgan fingerprint density at radius 1 is 1.30 bits per heavy atom. The van der Waals surface area contributed by atoms with Crippen LogP contribution in [0.5, 0.6) is 5.75 Å². The number of nitrogens with zero attached hydrogens (tertiary/aromatic N) is 2. The number of nitrogens with one attached hydrogen (secondary N) is 1. The van der Waals surface area contributed by atoms with Gasteiger partial charge in [-0.2, -0.15) is 0 Å². The Bertz CT molecular complexity index is 735. The van der Waals surface area contributed by atoms with Crippen molar-refractivity contribution < 1.29 is 4.74 Å². The average Bonchev–Trinajstić information content (AvgIpc) is 3.03. The highest BCUT2D eigenvalue weighted by Crippen LogP contribution is 2.31. The molecular weight excluding hydrogens is 290 g/mol. The zero-order valence-electron chi connectivity index (χ0n) is 11.5. The van der Waals surface area contributed by atoms with Gasteiger partial charge in [0.15, 0.2) is 5.13 Å². The Morgan fingerprint density at radius 2 is 2.15 bits per heavy atom. The van der Waals surface area contributed by atoms with Crippen molar-refractivity contribution in [3.63, 3.8) is 0 Å². The monoisotopic (exact) mass is 305 g/mol. The average molecular weight is 305 g/mol. The number of aromatic nitrogens is 2. The van der Waals surface area contributed by atoms with E-state index in [0.717, 1.165) is 31.8 Å². The molecular formula is C14H15N3OS2. The summed E-state index contributed by atoms with van der Waals surface area (Å²) in [6.45, 7) is 4.11. The molecule has 2 heterocycles. The van der Waals surface area contributed by atoms with Gasteiger partial charge in [-0.3, -0.25) is 0 Å². The van der Waals surface area contributed by atoms with Crippen LogP contribution in [0.1, 0.15) is 23.7 Å². The van der Waals surface area contributed by atoms with Gasteiger partial charge in [-0.25, -0.2) is 9.97 Å². The molecule has 0 saturated heterocycles. The summed E-state index contributed by atoms with van der Waals surface area (Å²) in [4.78, 5) is 9.09. The summed E-state index contributed by atoms with van der Waals surface area (Å²) in [7, 11) is 1.67. The van der Waals surface area contributed by atoms with Crippen LogP contribution < -0.4 is 10.1 Å². The summed E-state index contributed by atoms with van der Waals surface area (Å²) in [6, 6.07) is 6.08. The third kappa shape index (κ3) is 2.62. The summed E-state index contributed by atoms with van der Waals surface area (Å²) in [5.74, 6) is 0.858. The largest absolute Gasteiger partial charge is 0.497 e. The highest BCUT2D eigenvalue weighted by atomic mass is 32.1. The fraction of sp³-hybridized carbons (Fsp3) is 0.286. The van der Waals surface area contributed by atoms with Gasteiger partial charge in [0.1, 0.15) is 10.8 Å². The second kappa shape index (κ2) is 5.38. The van der Waals surface area contributed by atoms with Crippen molar-refractivity contribution in [2.24, 2.45) is 0 Å². The predicted molar refractivity (Wildman–Crippen MR) is 85.1 cm³/mol. The summed E-state index contributed by atoms with van der Waals surface area (Å²) in [5, 5.41) is 7.47. The zero-order chi connectivity index (χ0) is 14.1. The van der Waals surface area contributed by atoms with Gasteiger partial charge in [-0.05, 0) is 32.0 Å². The molecule has 0 aliphatic carbocycles. The fourth-order valence-electron chi connectivity index (χ4n) is 1.91. The van der Waals surface area contributed by atoms with Crippen LogP contribution in [0.4, 0.5) is 5.13 Å². The number of hydrogen-bond donors (Lipinski definition) is 1. The standard InChI is InChI=1S/C14H15N3OS2/c1-8-7-19-13(15-8)9(2)16-14-17-11-5-4-10(18-3)6-12(11)20-14/h4-7,9H,1-3H3,(H,16,17). The number of aryl methyl sites for hydroxylation is 1. The normalized spacial score (nSPS) is 12.6. The topological polar surface area (TPSA) is 47.0 Å². The van der Waals surface area contributed by atoms with Gasteiger partial charge < -0.3 is 10.1 Å². The molecule has 0 radical (unpaired) electrons. The molecule has 4 nitrogen and oxygen atoms in total. The molecule has 1 atom stereocenters. The molecule has 104 valence electrons. The Balaban J connectivity index is 1.83. The zero-order valence-corrected chi connectivity index (χ0v) is 13.1. The van der Waals surface area contributed by atoms with Crippen molar-refractivity contribution in [2.75, 3.05) is 12.4 Å². The SMILES string of the molecule is COc1ccc2nc(NC(C)c3nc(C)cs3)sc2c1. The van der Waals surface area contributed by atoms with Gasteiger partial charge >= 0.3 is 0 Å². The van der Waals surface area contributed by atoms with Crippen LogP contribution >= 0.6 is 22.7 Å². The van der Waals surface area contributed by atoms with Crippen molar-refractivity contribution in [2.45, 2.75) is 19.9 Å². The van der Waals surface area contributed by atoms with Crippen molar-refractivity contribution >= 4 is 38.0 Å². The molecule has 20 heavy (non-hydrogen) atoms. The van der Waals surface area contributed by atoms with Crippen LogP contribution in [0.2, 0.25) is 0 Å². The first-order chi connectivity index (χ1) is 9.65. The van der Waals surface area contributed by atoms with E-state index in [1.165, 1.54) is 0 Å². The lowest BCUT2D eigenvalue weighted by Gasteiger charge is -2.08. The van der Waals surface area contributed by atoms with Gasteiger partial charge in [-0.15, -0.1) is 11.3 Å². The third-order valence-corrected chi connectivity index (χ3v) is 5.04. The molecule has 0 fully saturated rings. The molecule has 0 saturated carbocycles. The van der Waals surface area contributed by atoms with Gasteiger partial charge in [0.05, 0.1) is 23.4 Å². The Kier molecular flexibility index (Phi) is 3.58. The van der Waals surface area contributed by atoms with E-state index in [1.807, 2.05) is 25.1 Å². The Hall–Kier alpha value is -1.66. The van der Waals surface area contributed by atoms with Crippen LogP contribution in [-0.4, -0.2) is 17.1 Å². The molecule has 0 amide bonds. The predicted octanol–water partition coefficient (Wildman–Crippen LogP) is 4.24. The molecule has 3 rings (SSSR count). The molecule has 0 bridgehead atoms.